The zero-order valence-corrected chi connectivity index (χ0v) is 30.5. The van der Waals surface area contributed by atoms with E-state index in [-0.39, 0.29) is 18.9 Å². The first-order chi connectivity index (χ1) is 24.2. The molecule has 4 aromatic rings. The summed E-state index contributed by atoms with van der Waals surface area (Å²) in [5.41, 5.74) is 3.94. The van der Waals surface area contributed by atoms with Crippen molar-refractivity contribution >= 4 is 57.6 Å². The third-order valence-electron chi connectivity index (χ3n) is 8.73. The quantitative estimate of drug-likeness (QED) is 0.138. The third-order valence-corrected chi connectivity index (χ3v) is 9.70. The fraction of sp³-hybridized carbons (Fsp3) is 0.400. The van der Waals surface area contributed by atoms with Gasteiger partial charge >= 0.3 is 0 Å². The molecule has 2 saturated heterocycles. The van der Waals surface area contributed by atoms with Gasteiger partial charge in [0.15, 0.2) is 11.4 Å². The second-order valence-electron chi connectivity index (χ2n) is 12.1. The number of piperazine rings is 1. The van der Waals surface area contributed by atoms with Crippen LogP contribution in [0.2, 0.25) is 10.0 Å². The summed E-state index contributed by atoms with van der Waals surface area (Å²) in [6.07, 6.45) is 2.40. The fourth-order valence-electron chi connectivity index (χ4n) is 5.97. The van der Waals surface area contributed by atoms with E-state index in [1.165, 1.54) is 12.0 Å². The predicted octanol–water partition coefficient (Wildman–Crippen LogP) is 5.51. The van der Waals surface area contributed by atoms with Crippen LogP contribution >= 0.6 is 35.4 Å². The molecule has 2 aliphatic heterocycles. The van der Waals surface area contributed by atoms with Crippen molar-refractivity contribution in [3.8, 4) is 5.75 Å². The average Bonchev–Trinajstić information content (AvgIpc) is 3.80. The lowest BCUT2D eigenvalue weighted by atomic mass is 10.1. The number of benzene rings is 3. The minimum Gasteiger partial charge on any atom is -0.491 e. The Morgan fingerprint density at radius 1 is 1.00 bits per heavy atom. The molecule has 3 aromatic carbocycles. The number of hydrogen-bond donors (Lipinski definition) is 1. The summed E-state index contributed by atoms with van der Waals surface area (Å²) in [6.45, 7) is 5.06. The summed E-state index contributed by atoms with van der Waals surface area (Å²) >= 11 is 18.3. The highest BCUT2D eigenvalue weighted by Gasteiger charge is 2.45. The Hall–Kier alpha value is -3.69. The molecule has 15 heteroatoms. The second-order valence-corrected chi connectivity index (χ2v) is 13.3. The number of anilines is 3. The Balaban J connectivity index is 0.978. The van der Waals surface area contributed by atoms with Crippen LogP contribution in [0, 0.1) is 0 Å². The molecule has 0 bridgehead atoms. The van der Waals surface area contributed by atoms with Gasteiger partial charge in [0, 0.05) is 75.1 Å². The molecule has 12 nitrogen and oxygen atoms in total. The number of nitrogens with zero attached hydrogens (tertiary/aromatic N) is 6. The standard InChI is InChI=1S/C35H41Cl2N7O5S/c1-41(19-33(45-2)46-3)34(50)40-26-5-7-27(8-6-26)42-14-16-43(17-15-42)28-9-11-29(12-10-28)47-20-30-21-48-35(49-30,22-44-24-38-23-39-44)31-13-4-25(36)18-32(31)37/h4-13,18,23-24,30,33H,14-17,19-22H2,1-3H3,(H,40,50). The molecule has 0 radical (unpaired) electrons. The first-order valence-corrected chi connectivity index (χ1v) is 17.4. The van der Waals surface area contributed by atoms with Crippen molar-refractivity contribution in [2.75, 3.05) is 82.3 Å². The van der Waals surface area contributed by atoms with Gasteiger partial charge in [-0.25, -0.2) is 9.67 Å². The number of ether oxygens (including phenoxy) is 5. The van der Waals surface area contributed by atoms with E-state index in [1.54, 1.807) is 37.4 Å². The van der Waals surface area contributed by atoms with Crippen molar-refractivity contribution in [2.24, 2.45) is 0 Å². The fourth-order valence-corrected chi connectivity index (χ4v) is 6.72. The van der Waals surface area contributed by atoms with Gasteiger partial charge in [0.1, 0.15) is 37.7 Å². The highest BCUT2D eigenvalue weighted by molar-refractivity contribution is 7.80. The predicted molar refractivity (Wildman–Crippen MR) is 198 cm³/mol. The Morgan fingerprint density at radius 3 is 2.26 bits per heavy atom. The number of hydrogen-bond acceptors (Lipinski definition) is 10. The van der Waals surface area contributed by atoms with Crippen LogP contribution in [-0.2, 0) is 31.3 Å². The minimum absolute atomic E-state index is 0.271. The van der Waals surface area contributed by atoms with E-state index in [0.717, 1.165) is 43.3 Å². The van der Waals surface area contributed by atoms with Gasteiger partial charge in [-0.15, -0.1) is 0 Å². The normalized spacial score (nSPS) is 19.2. The number of thiocarbonyl (C=S) groups is 1. The molecule has 0 amide bonds. The summed E-state index contributed by atoms with van der Waals surface area (Å²) in [4.78, 5) is 10.7. The second kappa shape index (κ2) is 16.6. The van der Waals surface area contributed by atoms with Crippen LogP contribution in [0.4, 0.5) is 17.1 Å². The molecule has 0 saturated carbocycles. The molecule has 2 atom stereocenters. The summed E-state index contributed by atoms with van der Waals surface area (Å²) < 4.78 is 31.1. The van der Waals surface area contributed by atoms with Crippen LogP contribution in [0.3, 0.4) is 0 Å². The van der Waals surface area contributed by atoms with Gasteiger partial charge in [0.05, 0.1) is 18.2 Å². The molecule has 2 fully saturated rings. The minimum atomic E-state index is -1.16. The van der Waals surface area contributed by atoms with Gasteiger partial charge in [-0.2, -0.15) is 5.10 Å². The van der Waals surface area contributed by atoms with E-state index < -0.39 is 5.79 Å². The van der Waals surface area contributed by atoms with Gasteiger partial charge in [-0.05, 0) is 72.9 Å². The van der Waals surface area contributed by atoms with Gasteiger partial charge in [-0.3, -0.25) is 0 Å². The van der Waals surface area contributed by atoms with Crippen LogP contribution in [0.15, 0.2) is 79.4 Å². The summed E-state index contributed by atoms with van der Waals surface area (Å²) in [6, 6.07) is 21.8. The largest absolute Gasteiger partial charge is 0.491 e. The molecule has 1 aromatic heterocycles. The SMILES string of the molecule is COC(CN(C)C(=S)Nc1ccc(N2CCN(c3ccc(OCC4COC(Cn5cncn5)(c5ccc(Cl)cc5Cl)O4)cc3)CC2)cc1)OC. The van der Waals surface area contributed by atoms with Crippen LogP contribution in [-0.4, -0.2) is 104 Å². The van der Waals surface area contributed by atoms with Gasteiger partial charge < -0.3 is 43.7 Å². The molecular formula is C35H41Cl2N7O5S. The van der Waals surface area contributed by atoms with E-state index in [4.69, 9.17) is 59.1 Å². The van der Waals surface area contributed by atoms with Crippen LogP contribution < -0.4 is 19.9 Å². The first-order valence-electron chi connectivity index (χ1n) is 16.3. The van der Waals surface area contributed by atoms with E-state index in [1.807, 2.05) is 30.1 Å². The topological polar surface area (TPSA) is 98.6 Å². The molecule has 2 unspecified atom stereocenters. The molecule has 3 heterocycles. The number of halogens is 2. The smallest absolute Gasteiger partial charge is 0.217 e. The maximum atomic E-state index is 6.58. The Bertz CT molecular complexity index is 1690. The average molecular weight is 743 g/mol. The first kappa shape index (κ1) is 36.1. The van der Waals surface area contributed by atoms with Crippen LogP contribution in [0.25, 0.3) is 0 Å². The summed E-state index contributed by atoms with van der Waals surface area (Å²) in [5.74, 6) is -0.400. The molecular weight excluding hydrogens is 701 g/mol. The van der Waals surface area contributed by atoms with E-state index in [2.05, 4.69) is 61.6 Å². The molecule has 6 rings (SSSR count). The maximum Gasteiger partial charge on any atom is 0.217 e. The van der Waals surface area contributed by atoms with Crippen molar-refractivity contribution in [2.45, 2.75) is 24.7 Å². The number of likely N-dealkylation sites (N-methyl/N-ethyl adjacent to an activating group) is 1. The highest BCUT2D eigenvalue weighted by atomic mass is 35.5. The molecule has 50 heavy (non-hydrogen) atoms. The monoisotopic (exact) mass is 741 g/mol. The molecule has 0 aliphatic carbocycles. The summed E-state index contributed by atoms with van der Waals surface area (Å²) in [5, 5.41) is 9.10. The lowest BCUT2D eigenvalue weighted by molar-refractivity contribution is -0.190. The lowest BCUT2D eigenvalue weighted by Gasteiger charge is -2.37. The van der Waals surface area contributed by atoms with Gasteiger partial charge in [0.25, 0.3) is 0 Å². The van der Waals surface area contributed by atoms with Crippen molar-refractivity contribution in [3.63, 3.8) is 0 Å². The van der Waals surface area contributed by atoms with E-state index in [9.17, 15) is 0 Å². The van der Waals surface area contributed by atoms with Crippen LogP contribution in [0.5, 0.6) is 5.75 Å². The van der Waals surface area contributed by atoms with Crippen molar-refractivity contribution in [3.05, 3.63) is 95.0 Å². The third kappa shape index (κ3) is 8.78. The zero-order chi connectivity index (χ0) is 35.1. The number of aromatic nitrogens is 3. The lowest BCUT2D eigenvalue weighted by Crippen LogP contribution is -2.46. The van der Waals surface area contributed by atoms with E-state index in [0.29, 0.717) is 40.5 Å². The number of methoxy groups -OCH3 is 2. The number of rotatable bonds is 13. The van der Waals surface area contributed by atoms with Gasteiger partial charge in [0.2, 0.25) is 5.79 Å². The van der Waals surface area contributed by atoms with Crippen molar-refractivity contribution in [1.29, 1.82) is 0 Å². The molecule has 2 aliphatic rings. The Labute approximate surface area is 307 Å². The number of nitrogens with one attached hydrogen (secondary N) is 1. The van der Waals surface area contributed by atoms with Gasteiger partial charge in [-0.1, -0.05) is 29.3 Å². The Kier molecular flexibility index (Phi) is 12.0. The Morgan fingerprint density at radius 2 is 1.66 bits per heavy atom. The zero-order valence-electron chi connectivity index (χ0n) is 28.2. The highest BCUT2D eigenvalue weighted by Crippen LogP contribution is 2.40. The van der Waals surface area contributed by atoms with Crippen LogP contribution in [0.1, 0.15) is 5.56 Å². The molecule has 1 N–H and O–H groups in total. The van der Waals surface area contributed by atoms with Crippen molar-refractivity contribution in [1.82, 2.24) is 19.7 Å². The summed E-state index contributed by atoms with van der Waals surface area (Å²) in [7, 11) is 5.13. The maximum absolute atomic E-state index is 6.58. The molecule has 0 spiro atoms. The van der Waals surface area contributed by atoms with Crippen molar-refractivity contribution < 1.29 is 23.7 Å². The van der Waals surface area contributed by atoms with E-state index >= 15 is 0 Å². The molecule has 266 valence electrons.